The largest absolute Gasteiger partial charge is 0.488 e. The molecule has 1 aliphatic rings. The number of para-hydroxylation sites is 1. The molecule has 3 rings (SSSR count). The monoisotopic (exact) mass is 355 g/mol. The molecule has 0 saturated carbocycles. The first-order valence-corrected chi connectivity index (χ1v) is 8.09. The van der Waals surface area contributed by atoms with Crippen molar-refractivity contribution in [1.82, 2.24) is 5.32 Å². The number of carbonyl (C=O) groups is 1. The van der Waals surface area contributed by atoms with Gasteiger partial charge in [0.05, 0.1) is 9.83 Å². The Morgan fingerprint density at radius 2 is 1.92 bits per heavy atom. The number of nitro groups is 1. The molecule has 1 aliphatic heterocycles. The van der Waals surface area contributed by atoms with E-state index in [0.29, 0.717) is 10.7 Å². The molecule has 126 valence electrons. The van der Waals surface area contributed by atoms with Crippen molar-refractivity contribution in [2.75, 3.05) is 0 Å². The van der Waals surface area contributed by atoms with Crippen molar-refractivity contribution < 1.29 is 14.5 Å². The summed E-state index contributed by atoms with van der Waals surface area (Å²) in [7, 11) is 0. The Morgan fingerprint density at radius 1 is 1.20 bits per heavy atom. The number of benzene rings is 2. The van der Waals surface area contributed by atoms with E-state index in [-0.39, 0.29) is 23.4 Å². The lowest BCUT2D eigenvalue weighted by atomic mass is 10.1. The van der Waals surface area contributed by atoms with Crippen molar-refractivity contribution in [1.29, 1.82) is 5.41 Å². The van der Waals surface area contributed by atoms with Gasteiger partial charge < -0.3 is 10.1 Å². The minimum absolute atomic E-state index is 0.0283. The van der Waals surface area contributed by atoms with Gasteiger partial charge in [-0.25, -0.2) is 0 Å². The number of thioether (sulfide) groups is 1. The highest BCUT2D eigenvalue weighted by Gasteiger charge is 2.22. The van der Waals surface area contributed by atoms with Crippen molar-refractivity contribution in [3.05, 3.63) is 74.7 Å². The summed E-state index contributed by atoms with van der Waals surface area (Å²) in [5.41, 5.74) is 1.54. The molecule has 2 aromatic rings. The molecule has 0 unspecified atom stereocenters. The molecule has 1 fully saturated rings. The molecule has 0 spiro atoms. The molecule has 7 nitrogen and oxygen atoms in total. The molecular weight excluding hydrogens is 342 g/mol. The van der Waals surface area contributed by atoms with Crippen molar-refractivity contribution in [2.45, 2.75) is 6.61 Å². The molecule has 2 aromatic carbocycles. The van der Waals surface area contributed by atoms with Crippen LogP contribution < -0.4 is 10.1 Å². The Labute approximate surface area is 147 Å². The third-order valence-corrected chi connectivity index (χ3v) is 4.24. The highest BCUT2D eigenvalue weighted by Crippen LogP contribution is 2.29. The van der Waals surface area contributed by atoms with Gasteiger partial charge in [-0.3, -0.25) is 20.3 Å². The zero-order valence-corrected chi connectivity index (χ0v) is 13.7. The van der Waals surface area contributed by atoms with Crippen LogP contribution in [0, 0.1) is 15.5 Å². The normalized spacial score (nSPS) is 15.3. The number of nitrogens with zero attached hydrogens (tertiary/aromatic N) is 1. The van der Waals surface area contributed by atoms with E-state index in [1.807, 2.05) is 18.2 Å². The van der Waals surface area contributed by atoms with E-state index in [9.17, 15) is 14.9 Å². The minimum atomic E-state index is -0.450. The molecule has 1 saturated heterocycles. The van der Waals surface area contributed by atoms with Crippen LogP contribution in [0.2, 0.25) is 0 Å². The lowest BCUT2D eigenvalue weighted by molar-refractivity contribution is -0.384. The van der Waals surface area contributed by atoms with E-state index < -0.39 is 4.92 Å². The van der Waals surface area contributed by atoms with Crippen LogP contribution in [0.25, 0.3) is 6.08 Å². The maximum absolute atomic E-state index is 11.7. The van der Waals surface area contributed by atoms with Gasteiger partial charge in [0.25, 0.3) is 11.6 Å². The molecule has 0 aromatic heterocycles. The average molecular weight is 355 g/mol. The second-order valence-electron chi connectivity index (χ2n) is 5.14. The Bertz CT molecular complexity index is 878. The van der Waals surface area contributed by atoms with Crippen LogP contribution in [0.5, 0.6) is 5.75 Å². The van der Waals surface area contributed by atoms with Gasteiger partial charge in [-0.15, -0.1) is 0 Å². The molecule has 1 amide bonds. The fourth-order valence-electron chi connectivity index (χ4n) is 2.19. The second kappa shape index (κ2) is 7.18. The molecular formula is C17H13N3O4S. The molecule has 2 N–H and O–H groups in total. The molecule has 0 atom stereocenters. The van der Waals surface area contributed by atoms with Crippen molar-refractivity contribution in [2.24, 2.45) is 0 Å². The van der Waals surface area contributed by atoms with Crippen LogP contribution in [0.15, 0.2) is 53.4 Å². The van der Waals surface area contributed by atoms with Gasteiger partial charge in [0.1, 0.15) is 12.4 Å². The summed E-state index contributed by atoms with van der Waals surface area (Å²) in [5.74, 6) is 0.278. The van der Waals surface area contributed by atoms with Crippen LogP contribution in [-0.4, -0.2) is 16.0 Å². The summed E-state index contributed by atoms with van der Waals surface area (Å²) in [6.45, 7) is 0.243. The molecule has 8 heteroatoms. The molecule has 0 aliphatic carbocycles. The molecule has 0 bridgehead atoms. The highest BCUT2D eigenvalue weighted by molar-refractivity contribution is 8.18. The number of non-ortho nitro benzene ring substituents is 1. The predicted molar refractivity (Wildman–Crippen MR) is 95.3 cm³/mol. The predicted octanol–water partition coefficient (Wildman–Crippen LogP) is 3.31. The van der Waals surface area contributed by atoms with Gasteiger partial charge in [-0.05, 0) is 41.6 Å². The first-order valence-electron chi connectivity index (χ1n) is 7.27. The van der Waals surface area contributed by atoms with Gasteiger partial charge in [0.2, 0.25) is 0 Å². The maximum Gasteiger partial charge on any atom is 0.269 e. The van der Waals surface area contributed by atoms with E-state index in [4.69, 9.17) is 10.1 Å². The minimum Gasteiger partial charge on any atom is -0.488 e. The van der Waals surface area contributed by atoms with Crippen LogP contribution in [0.3, 0.4) is 0 Å². The van der Waals surface area contributed by atoms with Crippen LogP contribution in [0.1, 0.15) is 11.1 Å². The van der Waals surface area contributed by atoms with Gasteiger partial charge in [-0.2, -0.15) is 0 Å². The zero-order chi connectivity index (χ0) is 17.8. The van der Waals surface area contributed by atoms with Crippen molar-refractivity contribution in [3.63, 3.8) is 0 Å². The Hall–Kier alpha value is -3.13. The topological polar surface area (TPSA) is 105 Å². The number of amides is 1. The summed E-state index contributed by atoms with van der Waals surface area (Å²) in [6, 6.07) is 13.4. The summed E-state index contributed by atoms with van der Waals surface area (Å²) < 4.78 is 5.79. The smallest absolute Gasteiger partial charge is 0.269 e. The standard InChI is InChI=1S/C17H13N3O4S/c18-17-19-16(21)15(25-17)9-12-3-1-2-4-14(12)24-10-11-5-7-13(8-6-11)20(22)23/h1-9H,10H2,(H2,18,19,21). The van der Waals surface area contributed by atoms with Crippen LogP contribution in [-0.2, 0) is 11.4 Å². The number of rotatable bonds is 5. The SMILES string of the molecule is N=C1NC(=O)C(=Cc2ccccc2OCc2ccc([N+](=O)[O-])cc2)S1. The van der Waals surface area contributed by atoms with E-state index in [2.05, 4.69) is 5.32 Å². The third-order valence-electron chi connectivity index (χ3n) is 3.41. The molecule has 0 radical (unpaired) electrons. The number of nitro benzene ring substituents is 1. The van der Waals surface area contributed by atoms with E-state index in [1.165, 1.54) is 12.1 Å². The summed E-state index contributed by atoms with van der Waals surface area (Å²) in [4.78, 5) is 22.4. The third kappa shape index (κ3) is 4.04. The molecule has 25 heavy (non-hydrogen) atoms. The Balaban J connectivity index is 1.75. The van der Waals surface area contributed by atoms with Crippen LogP contribution in [0.4, 0.5) is 5.69 Å². The summed E-state index contributed by atoms with van der Waals surface area (Å²) in [5, 5.41) is 20.7. The average Bonchev–Trinajstić information content (AvgIpc) is 2.91. The molecule has 1 heterocycles. The van der Waals surface area contributed by atoms with E-state index in [0.717, 1.165) is 22.9 Å². The van der Waals surface area contributed by atoms with Gasteiger partial charge in [-0.1, -0.05) is 18.2 Å². The number of hydrogen-bond donors (Lipinski definition) is 2. The Kier molecular flexibility index (Phi) is 4.80. The number of nitrogens with one attached hydrogen (secondary N) is 2. The zero-order valence-electron chi connectivity index (χ0n) is 12.9. The van der Waals surface area contributed by atoms with Gasteiger partial charge in [0, 0.05) is 17.7 Å². The maximum atomic E-state index is 11.7. The lowest BCUT2D eigenvalue weighted by Crippen LogP contribution is -2.18. The summed E-state index contributed by atoms with van der Waals surface area (Å²) >= 11 is 1.06. The first-order chi connectivity index (χ1) is 12.0. The second-order valence-corrected chi connectivity index (χ2v) is 6.20. The fraction of sp³-hybridized carbons (Fsp3) is 0.0588. The van der Waals surface area contributed by atoms with Crippen molar-refractivity contribution in [3.8, 4) is 5.75 Å². The first kappa shape index (κ1) is 16.7. The van der Waals surface area contributed by atoms with E-state index in [1.54, 1.807) is 24.3 Å². The summed E-state index contributed by atoms with van der Waals surface area (Å²) in [6.07, 6.45) is 1.67. The number of amidine groups is 1. The van der Waals surface area contributed by atoms with E-state index >= 15 is 0 Å². The van der Waals surface area contributed by atoms with Gasteiger partial charge >= 0.3 is 0 Å². The number of hydrogen-bond acceptors (Lipinski definition) is 6. The Morgan fingerprint density at radius 3 is 2.56 bits per heavy atom. The van der Waals surface area contributed by atoms with Crippen molar-refractivity contribution >= 4 is 34.6 Å². The fourth-order valence-corrected chi connectivity index (χ4v) is 2.88. The number of ether oxygens (including phenoxy) is 1. The number of carbonyl (C=O) groups excluding carboxylic acids is 1. The quantitative estimate of drug-likeness (QED) is 0.486. The lowest BCUT2D eigenvalue weighted by Gasteiger charge is -2.09. The van der Waals surface area contributed by atoms with Crippen LogP contribution >= 0.6 is 11.8 Å². The highest BCUT2D eigenvalue weighted by atomic mass is 32.2. The van der Waals surface area contributed by atoms with Gasteiger partial charge in [0.15, 0.2) is 5.17 Å².